The highest BCUT2D eigenvalue weighted by molar-refractivity contribution is 7.89. The quantitative estimate of drug-likeness (QED) is 0.546. The summed E-state index contributed by atoms with van der Waals surface area (Å²) in [5.41, 5.74) is 2.33. The minimum atomic E-state index is -3.61. The predicted molar refractivity (Wildman–Crippen MR) is 127 cm³/mol. The van der Waals surface area contributed by atoms with Crippen molar-refractivity contribution in [2.24, 2.45) is 0 Å². The molecule has 9 nitrogen and oxygen atoms in total. The molecule has 0 spiro atoms. The number of sulfonamides is 1. The number of hydrogen-bond donors (Lipinski definition) is 1. The van der Waals surface area contributed by atoms with Gasteiger partial charge in [0.15, 0.2) is 5.58 Å². The topological polar surface area (TPSA) is 91.4 Å². The minimum absolute atomic E-state index is 0.235. The molecule has 11 heteroatoms. The Morgan fingerprint density at radius 1 is 0.939 bits per heavy atom. The summed E-state index contributed by atoms with van der Waals surface area (Å²) >= 11 is 5.45. The van der Waals surface area contributed by atoms with Gasteiger partial charge >= 0.3 is 0 Å². The van der Waals surface area contributed by atoms with E-state index in [-0.39, 0.29) is 10.6 Å². The molecule has 33 heavy (non-hydrogen) atoms. The van der Waals surface area contributed by atoms with E-state index in [0.29, 0.717) is 48.9 Å². The zero-order valence-electron chi connectivity index (χ0n) is 18.1. The number of morpholine rings is 1. The first-order valence-corrected chi connectivity index (χ1v) is 12.7. The van der Waals surface area contributed by atoms with Crippen LogP contribution in [0.25, 0.3) is 11.1 Å². The monoisotopic (exact) mass is 490 g/mol. The first kappa shape index (κ1) is 22.4. The molecule has 3 heterocycles. The second-order valence-electron chi connectivity index (χ2n) is 8.20. The highest BCUT2D eigenvalue weighted by Crippen LogP contribution is 2.25. The number of anilines is 1. The Kier molecular flexibility index (Phi) is 6.14. The first-order chi connectivity index (χ1) is 15.9. The molecule has 0 radical (unpaired) electrons. The Hall–Kier alpha value is -2.44. The summed E-state index contributed by atoms with van der Waals surface area (Å²) in [5.74, 6) is 0.258. The smallest absolute Gasteiger partial charge is 0.270 e. The third-order valence-electron chi connectivity index (χ3n) is 6.18. The number of fused-ring (bicyclic) bond motifs is 1. The van der Waals surface area contributed by atoms with Gasteiger partial charge in [0.1, 0.15) is 5.75 Å². The second kappa shape index (κ2) is 9.07. The molecule has 5 rings (SSSR count). The molecule has 176 valence electrons. The van der Waals surface area contributed by atoms with Crippen LogP contribution in [0.1, 0.15) is 0 Å². The van der Waals surface area contributed by atoms with E-state index in [9.17, 15) is 13.5 Å². The van der Waals surface area contributed by atoms with Crippen LogP contribution in [0.15, 0.2) is 51.8 Å². The number of hydrogen-bond acceptors (Lipinski definition) is 8. The van der Waals surface area contributed by atoms with E-state index >= 15 is 0 Å². The van der Waals surface area contributed by atoms with Gasteiger partial charge in [-0.2, -0.15) is 4.31 Å². The highest BCUT2D eigenvalue weighted by atomic mass is 32.2. The molecule has 2 aliphatic heterocycles. The third kappa shape index (κ3) is 4.51. The number of ether oxygens (including phenoxy) is 1. The minimum Gasteiger partial charge on any atom is -0.508 e. The van der Waals surface area contributed by atoms with Gasteiger partial charge in [-0.25, -0.2) is 8.42 Å². The molecular weight excluding hydrogens is 464 g/mol. The largest absolute Gasteiger partial charge is 0.508 e. The number of rotatable bonds is 5. The van der Waals surface area contributed by atoms with Crippen molar-refractivity contribution in [2.75, 3.05) is 57.4 Å². The lowest BCUT2D eigenvalue weighted by Crippen LogP contribution is -2.46. The molecule has 2 fully saturated rings. The summed E-state index contributed by atoms with van der Waals surface area (Å²) in [6, 6.07) is 12.1. The number of aromatic hydroxyl groups is 1. The molecule has 0 amide bonds. The molecule has 0 aliphatic carbocycles. The van der Waals surface area contributed by atoms with Crippen molar-refractivity contribution in [3.8, 4) is 5.75 Å². The maximum absolute atomic E-state index is 13.1. The lowest BCUT2D eigenvalue weighted by Gasteiger charge is -2.36. The van der Waals surface area contributed by atoms with Crippen molar-refractivity contribution < 1.29 is 22.7 Å². The van der Waals surface area contributed by atoms with Crippen molar-refractivity contribution in [2.45, 2.75) is 11.6 Å². The Morgan fingerprint density at radius 2 is 1.64 bits per heavy atom. The van der Waals surface area contributed by atoms with Crippen LogP contribution < -0.4 is 4.90 Å². The van der Waals surface area contributed by atoms with Crippen molar-refractivity contribution in [1.82, 2.24) is 13.8 Å². The Bertz CT molecular complexity index is 1290. The maximum atomic E-state index is 13.1. The van der Waals surface area contributed by atoms with Crippen molar-refractivity contribution in [3.63, 3.8) is 0 Å². The standard InChI is InChI=1S/C22H26N4O5S2/c27-18-3-1-17(2-4-18)24-9-7-23(8-10-24)16-26-20-15-19(5-6-21(20)31-22(26)32)33(28,29)25-11-13-30-14-12-25/h1-6,15,27H,7-14,16H2. The van der Waals surface area contributed by atoms with E-state index in [2.05, 4.69) is 9.80 Å². The van der Waals surface area contributed by atoms with E-state index in [0.717, 1.165) is 31.9 Å². The number of oxazole rings is 1. The van der Waals surface area contributed by atoms with Crippen LogP contribution in [-0.2, 0) is 21.4 Å². The van der Waals surface area contributed by atoms with E-state index in [1.54, 1.807) is 30.3 Å². The summed E-state index contributed by atoms with van der Waals surface area (Å²) in [6.07, 6.45) is 0. The molecular formula is C22H26N4O5S2. The van der Waals surface area contributed by atoms with Crippen LogP contribution in [0.5, 0.6) is 5.75 Å². The molecule has 1 N–H and O–H groups in total. The van der Waals surface area contributed by atoms with Gasteiger partial charge in [-0.1, -0.05) is 0 Å². The van der Waals surface area contributed by atoms with Crippen molar-refractivity contribution >= 4 is 39.0 Å². The third-order valence-corrected chi connectivity index (χ3v) is 8.37. The first-order valence-electron chi connectivity index (χ1n) is 10.9. The van der Waals surface area contributed by atoms with E-state index in [4.69, 9.17) is 21.4 Å². The number of phenolic OH excluding ortho intramolecular Hbond substituents is 1. The van der Waals surface area contributed by atoms with Crippen LogP contribution >= 0.6 is 12.2 Å². The zero-order valence-corrected chi connectivity index (χ0v) is 19.7. The summed E-state index contributed by atoms with van der Waals surface area (Å²) < 4.78 is 40.6. The van der Waals surface area contributed by atoms with Gasteiger partial charge in [0.2, 0.25) is 10.0 Å². The van der Waals surface area contributed by atoms with E-state index in [1.807, 2.05) is 16.7 Å². The molecule has 2 aromatic carbocycles. The average molecular weight is 491 g/mol. The van der Waals surface area contributed by atoms with Gasteiger partial charge < -0.3 is 19.2 Å². The molecule has 0 atom stereocenters. The van der Waals surface area contributed by atoms with Gasteiger partial charge in [0, 0.05) is 45.0 Å². The number of benzene rings is 2. The van der Waals surface area contributed by atoms with Crippen molar-refractivity contribution in [3.05, 3.63) is 47.3 Å². The van der Waals surface area contributed by atoms with E-state index in [1.165, 1.54) is 4.31 Å². The number of nitrogens with zero attached hydrogens (tertiary/aromatic N) is 4. The fraction of sp³-hybridized carbons (Fsp3) is 0.409. The normalized spacial score (nSPS) is 18.7. The summed E-state index contributed by atoms with van der Waals surface area (Å²) in [7, 11) is -3.61. The lowest BCUT2D eigenvalue weighted by molar-refractivity contribution is 0.0730. The van der Waals surface area contributed by atoms with Crippen LogP contribution in [-0.4, -0.2) is 79.8 Å². The SMILES string of the molecule is O=S(=O)(c1ccc2oc(=S)n(CN3CCN(c4ccc(O)cc4)CC3)c2c1)N1CCOCC1. The van der Waals surface area contributed by atoms with Crippen LogP contribution in [0.4, 0.5) is 5.69 Å². The Balaban J connectivity index is 1.34. The molecule has 3 aromatic rings. The van der Waals surface area contributed by atoms with Crippen LogP contribution in [0.3, 0.4) is 0 Å². The molecule has 2 aliphatic rings. The fourth-order valence-corrected chi connectivity index (χ4v) is 5.96. The summed E-state index contributed by atoms with van der Waals surface area (Å²) in [4.78, 5) is 5.10. The van der Waals surface area contributed by atoms with Crippen molar-refractivity contribution in [1.29, 1.82) is 0 Å². The molecule has 0 unspecified atom stereocenters. The van der Waals surface area contributed by atoms with Gasteiger partial charge in [0.25, 0.3) is 4.84 Å². The number of phenols is 1. The Labute approximate surface area is 197 Å². The Morgan fingerprint density at radius 3 is 2.33 bits per heavy atom. The number of piperazine rings is 1. The lowest BCUT2D eigenvalue weighted by atomic mass is 10.2. The molecule has 2 saturated heterocycles. The van der Waals surface area contributed by atoms with Gasteiger partial charge in [-0.3, -0.25) is 9.47 Å². The van der Waals surface area contributed by atoms with Crippen LogP contribution in [0.2, 0.25) is 0 Å². The van der Waals surface area contributed by atoms with E-state index < -0.39 is 10.0 Å². The van der Waals surface area contributed by atoms with Gasteiger partial charge in [-0.05, 0) is 54.7 Å². The zero-order chi connectivity index (χ0) is 23.0. The average Bonchev–Trinajstić information content (AvgIpc) is 3.15. The predicted octanol–water partition coefficient (Wildman–Crippen LogP) is 2.47. The number of aromatic nitrogens is 1. The maximum Gasteiger partial charge on any atom is 0.270 e. The molecule has 0 bridgehead atoms. The molecule has 0 saturated carbocycles. The summed E-state index contributed by atoms with van der Waals surface area (Å²) in [5, 5.41) is 9.50. The van der Waals surface area contributed by atoms with Gasteiger partial charge in [-0.15, -0.1) is 0 Å². The second-order valence-corrected chi connectivity index (χ2v) is 10.5. The fourth-order valence-electron chi connectivity index (χ4n) is 4.28. The van der Waals surface area contributed by atoms with Crippen LogP contribution in [0, 0.1) is 4.84 Å². The summed E-state index contributed by atoms with van der Waals surface area (Å²) in [6.45, 7) is 5.35. The molecule has 1 aromatic heterocycles. The van der Waals surface area contributed by atoms with Gasteiger partial charge in [0.05, 0.1) is 30.3 Å². The highest BCUT2D eigenvalue weighted by Gasteiger charge is 2.27.